The second kappa shape index (κ2) is 9.64. The van der Waals surface area contributed by atoms with Crippen LogP contribution < -0.4 is 25.4 Å². The number of aromatic nitrogens is 2. The second-order valence-corrected chi connectivity index (χ2v) is 6.67. The summed E-state index contributed by atoms with van der Waals surface area (Å²) in [4.78, 5) is 10.7. The molecule has 0 radical (unpaired) electrons. The largest absolute Gasteiger partial charge is 0.493 e. The van der Waals surface area contributed by atoms with Gasteiger partial charge in [0.2, 0.25) is 0 Å². The summed E-state index contributed by atoms with van der Waals surface area (Å²) in [7, 11) is 5.23. The number of rotatable bonds is 9. The van der Waals surface area contributed by atoms with E-state index in [4.69, 9.17) is 15.2 Å². The molecule has 2 aromatic carbocycles. The Bertz CT molecular complexity index is 934. The minimum absolute atomic E-state index is 0.540. The van der Waals surface area contributed by atoms with Gasteiger partial charge in [-0.05, 0) is 29.7 Å². The number of ether oxygens (including phenoxy) is 2. The monoisotopic (exact) mass is 393 g/mol. The predicted molar refractivity (Wildman–Crippen MR) is 117 cm³/mol. The van der Waals surface area contributed by atoms with E-state index in [9.17, 15) is 0 Å². The molecule has 0 aliphatic carbocycles. The van der Waals surface area contributed by atoms with Gasteiger partial charge in [-0.15, -0.1) is 0 Å². The maximum atomic E-state index is 6.34. The molecule has 0 saturated carbocycles. The van der Waals surface area contributed by atoms with Gasteiger partial charge in [0, 0.05) is 20.1 Å². The van der Waals surface area contributed by atoms with Crippen molar-refractivity contribution < 1.29 is 9.47 Å². The molecule has 0 aliphatic rings. The summed E-state index contributed by atoms with van der Waals surface area (Å²) in [5.41, 5.74) is 9.19. The highest BCUT2D eigenvalue weighted by Gasteiger charge is 2.12. The maximum Gasteiger partial charge on any atom is 0.160 e. The summed E-state index contributed by atoms with van der Waals surface area (Å²) >= 11 is 0. The Morgan fingerprint density at radius 2 is 1.72 bits per heavy atom. The quantitative estimate of drug-likeness (QED) is 0.576. The first kappa shape index (κ1) is 20.3. The van der Waals surface area contributed by atoms with Gasteiger partial charge in [0.05, 0.1) is 14.2 Å². The fraction of sp³-hybridized carbons (Fsp3) is 0.273. The second-order valence-electron chi connectivity index (χ2n) is 6.67. The third kappa shape index (κ3) is 5.07. The molecule has 0 bridgehead atoms. The first-order valence-corrected chi connectivity index (χ1v) is 9.42. The van der Waals surface area contributed by atoms with Gasteiger partial charge in [-0.2, -0.15) is 0 Å². The van der Waals surface area contributed by atoms with Crippen LogP contribution in [0.3, 0.4) is 0 Å². The summed E-state index contributed by atoms with van der Waals surface area (Å²) in [6.45, 7) is 1.39. The lowest BCUT2D eigenvalue weighted by molar-refractivity contribution is 0.354. The number of hydrogen-bond donors (Lipinski definition) is 2. The van der Waals surface area contributed by atoms with Crippen molar-refractivity contribution in [3.63, 3.8) is 0 Å². The standard InChI is InChI=1S/C22H27N5O2/c1-27(14-17-7-5-4-6-8-17)22-20(23)21(25-15-26-22)24-12-11-16-9-10-18(28-2)19(13-16)29-3/h4-10,13,15H,11-12,14,23H2,1-3H3,(H,24,25,26). The van der Waals surface area contributed by atoms with Crippen LogP contribution in [0.2, 0.25) is 0 Å². The molecule has 0 saturated heterocycles. The molecule has 0 aliphatic heterocycles. The lowest BCUT2D eigenvalue weighted by atomic mass is 10.1. The molecule has 1 heterocycles. The van der Waals surface area contributed by atoms with Crippen LogP contribution >= 0.6 is 0 Å². The molecule has 3 rings (SSSR count). The number of nitrogens with one attached hydrogen (secondary N) is 1. The van der Waals surface area contributed by atoms with E-state index in [1.807, 2.05) is 48.3 Å². The Hall–Kier alpha value is -3.48. The zero-order valence-corrected chi connectivity index (χ0v) is 17.1. The molecule has 0 amide bonds. The average molecular weight is 393 g/mol. The van der Waals surface area contributed by atoms with Gasteiger partial charge in [0.1, 0.15) is 12.0 Å². The Labute approximate surface area is 171 Å². The molecule has 3 N–H and O–H groups in total. The summed E-state index contributed by atoms with van der Waals surface area (Å²) in [5, 5.41) is 3.31. The summed E-state index contributed by atoms with van der Waals surface area (Å²) < 4.78 is 10.6. The fourth-order valence-corrected chi connectivity index (χ4v) is 3.12. The number of methoxy groups -OCH3 is 2. The van der Waals surface area contributed by atoms with Crippen molar-refractivity contribution in [2.75, 3.05) is 43.8 Å². The summed E-state index contributed by atoms with van der Waals surface area (Å²) in [6.07, 6.45) is 2.32. The van der Waals surface area contributed by atoms with Gasteiger partial charge in [-0.25, -0.2) is 9.97 Å². The van der Waals surface area contributed by atoms with Crippen LogP contribution in [-0.4, -0.2) is 37.8 Å². The number of nitrogens with zero attached hydrogens (tertiary/aromatic N) is 3. The molecular formula is C22H27N5O2. The van der Waals surface area contributed by atoms with Crippen LogP contribution in [-0.2, 0) is 13.0 Å². The van der Waals surface area contributed by atoms with Crippen molar-refractivity contribution in [2.45, 2.75) is 13.0 Å². The Kier molecular flexibility index (Phi) is 6.73. The van der Waals surface area contributed by atoms with Crippen molar-refractivity contribution in [2.24, 2.45) is 0 Å². The molecule has 3 aromatic rings. The highest BCUT2D eigenvalue weighted by atomic mass is 16.5. The maximum absolute atomic E-state index is 6.34. The molecule has 0 unspecified atom stereocenters. The Morgan fingerprint density at radius 3 is 2.45 bits per heavy atom. The predicted octanol–water partition coefficient (Wildman–Crippen LogP) is 3.37. The fourth-order valence-electron chi connectivity index (χ4n) is 3.12. The van der Waals surface area contributed by atoms with E-state index in [0.717, 1.165) is 23.5 Å². The van der Waals surface area contributed by atoms with E-state index < -0.39 is 0 Å². The molecule has 0 spiro atoms. The van der Waals surface area contributed by atoms with E-state index in [1.54, 1.807) is 14.2 Å². The number of nitrogen functional groups attached to an aromatic ring is 1. The van der Waals surface area contributed by atoms with E-state index in [-0.39, 0.29) is 0 Å². The minimum atomic E-state index is 0.540. The van der Waals surface area contributed by atoms with Crippen molar-refractivity contribution in [3.8, 4) is 11.5 Å². The highest BCUT2D eigenvalue weighted by Crippen LogP contribution is 2.28. The normalized spacial score (nSPS) is 10.4. The van der Waals surface area contributed by atoms with Crippen molar-refractivity contribution in [1.82, 2.24) is 9.97 Å². The van der Waals surface area contributed by atoms with Gasteiger partial charge in [-0.1, -0.05) is 36.4 Å². The first-order valence-electron chi connectivity index (χ1n) is 9.42. The summed E-state index contributed by atoms with van der Waals surface area (Å²) in [5.74, 6) is 2.78. The van der Waals surface area contributed by atoms with Gasteiger partial charge < -0.3 is 25.4 Å². The van der Waals surface area contributed by atoms with E-state index in [2.05, 4.69) is 27.4 Å². The number of anilines is 3. The van der Waals surface area contributed by atoms with Crippen molar-refractivity contribution >= 4 is 17.3 Å². The van der Waals surface area contributed by atoms with E-state index >= 15 is 0 Å². The van der Waals surface area contributed by atoms with Crippen LogP contribution in [0, 0.1) is 0 Å². The molecule has 0 fully saturated rings. The number of benzene rings is 2. The summed E-state index contributed by atoms with van der Waals surface area (Å²) in [6, 6.07) is 16.1. The molecule has 7 nitrogen and oxygen atoms in total. The molecule has 152 valence electrons. The lowest BCUT2D eigenvalue weighted by Crippen LogP contribution is -2.20. The first-order chi connectivity index (χ1) is 14.1. The van der Waals surface area contributed by atoms with Gasteiger partial charge in [0.15, 0.2) is 23.1 Å². The van der Waals surface area contributed by atoms with Crippen LogP contribution in [0.5, 0.6) is 11.5 Å². The van der Waals surface area contributed by atoms with Crippen molar-refractivity contribution in [3.05, 3.63) is 66.0 Å². The number of nitrogens with two attached hydrogens (primary N) is 1. The highest BCUT2D eigenvalue weighted by molar-refractivity contribution is 5.74. The van der Waals surface area contributed by atoms with E-state index in [1.165, 1.54) is 11.9 Å². The van der Waals surface area contributed by atoms with Crippen LogP contribution in [0.4, 0.5) is 17.3 Å². The number of hydrogen-bond acceptors (Lipinski definition) is 7. The third-order valence-corrected chi connectivity index (χ3v) is 4.64. The van der Waals surface area contributed by atoms with Crippen LogP contribution in [0.15, 0.2) is 54.9 Å². The van der Waals surface area contributed by atoms with Crippen LogP contribution in [0.25, 0.3) is 0 Å². The smallest absolute Gasteiger partial charge is 0.160 e. The van der Waals surface area contributed by atoms with Crippen molar-refractivity contribution in [1.29, 1.82) is 0 Å². The zero-order chi connectivity index (χ0) is 20.6. The molecule has 7 heteroatoms. The third-order valence-electron chi connectivity index (χ3n) is 4.64. The Morgan fingerprint density at radius 1 is 0.966 bits per heavy atom. The van der Waals surface area contributed by atoms with Crippen LogP contribution in [0.1, 0.15) is 11.1 Å². The average Bonchev–Trinajstić information content (AvgIpc) is 2.75. The molecule has 1 aromatic heterocycles. The van der Waals surface area contributed by atoms with Gasteiger partial charge >= 0.3 is 0 Å². The minimum Gasteiger partial charge on any atom is -0.493 e. The molecular weight excluding hydrogens is 366 g/mol. The van der Waals surface area contributed by atoms with Gasteiger partial charge in [-0.3, -0.25) is 0 Å². The Balaban J connectivity index is 1.64. The van der Waals surface area contributed by atoms with Gasteiger partial charge in [0.25, 0.3) is 0 Å². The molecule has 0 atom stereocenters. The lowest BCUT2D eigenvalue weighted by Gasteiger charge is -2.21. The van der Waals surface area contributed by atoms with E-state index in [0.29, 0.717) is 30.4 Å². The SMILES string of the molecule is COc1ccc(CCNc2ncnc(N(C)Cc3ccccc3)c2N)cc1OC. The molecule has 29 heavy (non-hydrogen) atoms. The topological polar surface area (TPSA) is 85.5 Å². The zero-order valence-electron chi connectivity index (χ0n) is 17.1.